The molecule has 0 radical (unpaired) electrons. The Kier molecular flexibility index (Phi) is 4.50. The van der Waals surface area contributed by atoms with Crippen molar-refractivity contribution in [2.45, 2.75) is 18.3 Å². The smallest absolute Gasteiger partial charge is 0.193 e. The third kappa shape index (κ3) is 3.24. The molecule has 21 heavy (non-hydrogen) atoms. The first-order valence-corrected chi connectivity index (χ1v) is 8.32. The van der Waals surface area contributed by atoms with Crippen molar-refractivity contribution in [1.29, 1.82) is 0 Å². The minimum absolute atomic E-state index is 0.144. The molecule has 114 valence electrons. The first-order valence-electron chi connectivity index (χ1n) is 7.53. The molecule has 0 spiro atoms. The number of hydrogen-bond acceptors (Lipinski definition) is 4. The topological polar surface area (TPSA) is 36.9 Å². The predicted octanol–water partition coefficient (Wildman–Crippen LogP) is 2.39. The summed E-state index contributed by atoms with van der Waals surface area (Å²) < 4.78 is 6.71. The third-order valence-electron chi connectivity index (χ3n) is 4.55. The highest BCUT2D eigenvalue weighted by Gasteiger charge is 2.35. The molecule has 2 aliphatic rings. The molecule has 5 heteroatoms. The van der Waals surface area contributed by atoms with E-state index in [0.717, 1.165) is 56.1 Å². The molecule has 1 aromatic rings. The Morgan fingerprint density at radius 2 is 2.00 bits per heavy atom. The van der Waals surface area contributed by atoms with Gasteiger partial charge >= 0.3 is 0 Å². The van der Waals surface area contributed by atoms with Crippen LogP contribution in [0.4, 0.5) is 0 Å². The van der Waals surface area contributed by atoms with Crippen LogP contribution in [-0.2, 0) is 10.2 Å². The lowest BCUT2D eigenvalue weighted by atomic mass is 9.74. The summed E-state index contributed by atoms with van der Waals surface area (Å²) >= 11 is 3.52. The van der Waals surface area contributed by atoms with Gasteiger partial charge in [-0.3, -0.25) is 4.99 Å². The molecule has 2 heterocycles. The van der Waals surface area contributed by atoms with Gasteiger partial charge in [-0.25, -0.2) is 0 Å². The molecule has 3 rings (SSSR count). The SMILES string of the molecule is CN1CCN=C1NCC1(c2ccc(Br)cc2)CCOCC1. The van der Waals surface area contributed by atoms with Crippen molar-refractivity contribution in [2.24, 2.45) is 4.99 Å². The average Bonchev–Trinajstić information content (AvgIpc) is 2.92. The number of rotatable bonds is 3. The second-order valence-corrected chi connectivity index (χ2v) is 6.80. The maximum absolute atomic E-state index is 5.59. The van der Waals surface area contributed by atoms with E-state index in [-0.39, 0.29) is 5.41 Å². The number of guanidine groups is 1. The van der Waals surface area contributed by atoms with Crippen molar-refractivity contribution in [2.75, 3.05) is 39.9 Å². The van der Waals surface area contributed by atoms with E-state index in [9.17, 15) is 0 Å². The van der Waals surface area contributed by atoms with Gasteiger partial charge in [-0.1, -0.05) is 28.1 Å². The molecule has 4 nitrogen and oxygen atoms in total. The van der Waals surface area contributed by atoms with Gasteiger partial charge in [-0.15, -0.1) is 0 Å². The molecule has 2 aliphatic heterocycles. The second kappa shape index (κ2) is 6.36. The lowest BCUT2D eigenvalue weighted by molar-refractivity contribution is 0.0512. The Morgan fingerprint density at radius 1 is 1.29 bits per heavy atom. The van der Waals surface area contributed by atoms with Gasteiger partial charge in [-0.2, -0.15) is 0 Å². The molecule has 0 unspecified atom stereocenters. The van der Waals surface area contributed by atoms with E-state index in [2.05, 4.69) is 62.5 Å². The molecular formula is C16H22BrN3O. The Bertz CT molecular complexity index is 509. The van der Waals surface area contributed by atoms with E-state index in [0.29, 0.717) is 0 Å². The molecule has 0 saturated carbocycles. The Balaban J connectivity index is 1.78. The minimum atomic E-state index is 0.144. The van der Waals surface area contributed by atoms with Gasteiger partial charge in [0.2, 0.25) is 0 Å². The van der Waals surface area contributed by atoms with Crippen molar-refractivity contribution in [1.82, 2.24) is 10.2 Å². The number of hydrogen-bond donors (Lipinski definition) is 1. The molecule has 0 aliphatic carbocycles. The molecule has 1 saturated heterocycles. The van der Waals surface area contributed by atoms with E-state index in [1.54, 1.807) is 0 Å². The molecule has 0 atom stereocenters. The quantitative estimate of drug-likeness (QED) is 0.908. The van der Waals surface area contributed by atoms with Crippen molar-refractivity contribution in [3.63, 3.8) is 0 Å². The Labute approximate surface area is 134 Å². The predicted molar refractivity (Wildman–Crippen MR) is 88.8 cm³/mol. The van der Waals surface area contributed by atoms with Gasteiger partial charge in [0, 0.05) is 43.2 Å². The van der Waals surface area contributed by atoms with E-state index in [4.69, 9.17) is 4.74 Å². The van der Waals surface area contributed by atoms with Gasteiger partial charge in [0.1, 0.15) is 0 Å². The normalized spacial score (nSPS) is 21.2. The fourth-order valence-corrected chi connectivity index (χ4v) is 3.37. The maximum atomic E-state index is 5.59. The highest BCUT2D eigenvalue weighted by Crippen LogP contribution is 2.35. The van der Waals surface area contributed by atoms with E-state index >= 15 is 0 Å². The molecule has 1 N–H and O–H groups in total. The van der Waals surface area contributed by atoms with Crippen LogP contribution < -0.4 is 5.32 Å². The molecule has 0 amide bonds. The minimum Gasteiger partial charge on any atom is -0.381 e. The van der Waals surface area contributed by atoms with Crippen LogP contribution in [-0.4, -0.2) is 50.8 Å². The van der Waals surface area contributed by atoms with Crippen LogP contribution in [0, 0.1) is 0 Å². The molecule has 0 bridgehead atoms. The van der Waals surface area contributed by atoms with E-state index in [1.165, 1.54) is 5.56 Å². The summed E-state index contributed by atoms with van der Waals surface area (Å²) in [4.78, 5) is 6.72. The number of ether oxygens (including phenoxy) is 1. The number of likely N-dealkylation sites (N-methyl/N-ethyl adjacent to an activating group) is 1. The van der Waals surface area contributed by atoms with Gasteiger partial charge in [0.05, 0.1) is 6.54 Å². The zero-order valence-electron chi connectivity index (χ0n) is 12.4. The molecule has 1 fully saturated rings. The van der Waals surface area contributed by atoms with Crippen molar-refractivity contribution in [3.8, 4) is 0 Å². The van der Waals surface area contributed by atoms with Crippen LogP contribution in [0.15, 0.2) is 33.7 Å². The van der Waals surface area contributed by atoms with Crippen LogP contribution >= 0.6 is 15.9 Å². The fourth-order valence-electron chi connectivity index (χ4n) is 3.10. The van der Waals surface area contributed by atoms with Gasteiger partial charge < -0.3 is 15.0 Å². The van der Waals surface area contributed by atoms with Crippen LogP contribution in [0.1, 0.15) is 18.4 Å². The monoisotopic (exact) mass is 351 g/mol. The van der Waals surface area contributed by atoms with Gasteiger partial charge in [0.15, 0.2) is 5.96 Å². The summed E-state index contributed by atoms with van der Waals surface area (Å²) in [6.07, 6.45) is 2.11. The lowest BCUT2D eigenvalue weighted by Crippen LogP contribution is -2.47. The van der Waals surface area contributed by atoms with Crippen molar-refractivity contribution in [3.05, 3.63) is 34.3 Å². The van der Waals surface area contributed by atoms with Crippen LogP contribution in [0.5, 0.6) is 0 Å². The summed E-state index contributed by atoms with van der Waals surface area (Å²) in [6.45, 7) is 4.49. The second-order valence-electron chi connectivity index (χ2n) is 5.88. The highest BCUT2D eigenvalue weighted by atomic mass is 79.9. The number of nitrogens with one attached hydrogen (secondary N) is 1. The number of benzene rings is 1. The number of aliphatic imine (C=N–C) groups is 1. The van der Waals surface area contributed by atoms with Gasteiger partial charge in [0.25, 0.3) is 0 Å². The zero-order valence-corrected chi connectivity index (χ0v) is 14.0. The molecular weight excluding hydrogens is 330 g/mol. The Morgan fingerprint density at radius 3 is 2.62 bits per heavy atom. The summed E-state index contributed by atoms with van der Waals surface area (Å²) in [7, 11) is 2.09. The molecule has 1 aromatic carbocycles. The number of nitrogens with zero attached hydrogens (tertiary/aromatic N) is 2. The highest BCUT2D eigenvalue weighted by molar-refractivity contribution is 9.10. The summed E-state index contributed by atoms with van der Waals surface area (Å²) in [5.41, 5.74) is 1.54. The summed E-state index contributed by atoms with van der Waals surface area (Å²) in [5, 5.41) is 3.56. The standard InChI is InChI=1S/C16H22BrN3O/c1-20-9-8-18-15(20)19-12-16(6-10-21-11-7-16)13-2-4-14(17)5-3-13/h2-5H,6-12H2,1H3,(H,18,19). The largest absolute Gasteiger partial charge is 0.381 e. The summed E-state index contributed by atoms with van der Waals surface area (Å²) in [5.74, 6) is 1.03. The van der Waals surface area contributed by atoms with E-state index < -0.39 is 0 Å². The Hall–Kier alpha value is -1.07. The first-order chi connectivity index (χ1) is 10.2. The number of halogens is 1. The maximum Gasteiger partial charge on any atom is 0.193 e. The first kappa shape index (κ1) is 14.9. The van der Waals surface area contributed by atoms with Crippen molar-refractivity contribution < 1.29 is 4.74 Å². The van der Waals surface area contributed by atoms with Crippen LogP contribution in [0.2, 0.25) is 0 Å². The lowest BCUT2D eigenvalue weighted by Gasteiger charge is -2.38. The van der Waals surface area contributed by atoms with Gasteiger partial charge in [-0.05, 0) is 30.5 Å². The summed E-state index contributed by atoms with van der Waals surface area (Å²) in [6, 6.07) is 8.73. The van der Waals surface area contributed by atoms with Crippen molar-refractivity contribution >= 4 is 21.9 Å². The molecule has 0 aromatic heterocycles. The van der Waals surface area contributed by atoms with Crippen LogP contribution in [0.3, 0.4) is 0 Å². The van der Waals surface area contributed by atoms with Crippen LogP contribution in [0.25, 0.3) is 0 Å². The zero-order chi connectivity index (χ0) is 14.7. The third-order valence-corrected chi connectivity index (χ3v) is 5.08. The fraction of sp³-hybridized carbons (Fsp3) is 0.562. The van der Waals surface area contributed by atoms with E-state index in [1.807, 2.05) is 0 Å². The average molecular weight is 352 g/mol.